The number of hydrogen-bond donors (Lipinski definition) is 0. The molecule has 0 aromatic heterocycles. The Morgan fingerprint density at radius 2 is 1.60 bits per heavy atom. The van der Waals surface area contributed by atoms with E-state index in [-0.39, 0.29) is 16.7 Å². The van der Waals surface area contributed by atoms with Crippen LogP contribution in [0.5, 0.6) is 0 Å². The van der Waals surface area contributed by atoms with Crippen molar-refractivity contribution in [2.45, 2.75) is 19.3 Å². The van der Waals surface area contributed by atoms with Crippen LogP contribution < -0.4 is 0 Å². The summed E-state index contributed by atoms with van der Waals surface area (Å²) >= 11 is 0. The number of imide groups is 1. The lowest BCUT2D eigenvalue weighted by atomic mass is 10.1. The summed E-state index contributed by atoms with van der Waals surface area (Å²) in [5.41, 5.74) is 1.85. The average molecular weight is 335 g/mol. The number of rotatable bonds is 6. The topological polar surface area (TPSA) is 63.7 Å². The highest BCUT2D eigenvalue weighted by Gasteiger charge is 2.38. The van der Waals surface area contributed by atoms with E-state index in [9.17, 15) is 14.4 Å². The summed E-state index contributed by atoms with van der Waals surface area (Å²) in [6.07, 6.45) is 4.68. The van der Waals surface area contributed by atoms with E-state index >= 15 is 0 Å². The van der Waals surface area contributed by atoms with Crippen molar-refractivity contribution in [3.05, 3.63) is 83.4 Å². The first-order chi connectivity index (χ1) is 12.1. The van der Waals surface area contributed by atoms with Gasteiger partial charge in [-0.2, -0.15) is 0 Å². The second-order valence-corrected chi connectivity index (χ2v) is 5.71. The molecule has 25 heavy (non-hydrogen) atoms. The van der Waals surface area contributed by atoms with Crippen LogP contribution in [0.1, 0.15) is 49.5 Å². The lowest BCUT2D eigenvalue weighted by molar-refractivity contribution is -0.0584. The van der Waals surface area contributed by atoms with Crippen LogP contribution in [0.2, 0.25) is 0 Å². The molecule has 0 saturated carbocycles. The van der Waals surface area contributed by atoms with E-state index in [0.29, 0.717) is 5.06 Å². The van der Waals surface area contributed by atoms with Crippen LogP contribution in [0.15, 0.2) is 61.2 Å². The number of nitrogens with zero attached hydrogens (tertiary/aromatic N) is 1. The van der Waals surface area contributed by atoms with E-state index in [0.717, 1.165) is 24.8 Å². The van der Waals surface area contributed by atoms with Gasteiger partial charge >= 0.3 is 5.97 Å². The molecule has 1 heterocycles. The number of aryl methyl sites for hydroxylation is 1. The van der Waals surface area contributed by atoms with Gasteiger partial charge < -0.3 is 4.84 Å². The fourth-order valence-electron chi connectivity index (χ4n) is 2.64. The van der Waals surface area contributed by atoms with E-state index in [2.05, 4.69) is 6.58 Å². The highest BCUT2D eigenvalue weighted by Crippen LogP contribution is 2.23. The fourth-order valence-corrected chi connectivity index (χ4v) is 2.64. The number of allylic oxidation sites excluding steroid dienone is 1. The molecule has 0 saturated heterocycles. The largest absolute Gasteiger partial charge is 0.363 e. The lowest BCUT2D eigenvalue weighted by Crippen LogP contribution is -2.32. The molecule has 0 N–H and O–H groups in total. The monoisotopic (exact) mass is 335 g/mol. The van der Waals surface area contributed by atoms with Crippen LogP contribution in [0.3, 0.4) is 0 Å². The summed E-state index contributed by atoms with van der Waals surface area (Å²) in [5.74, 6) is -2.00. The predicted octanol–water partition coefficient (Wildman–Crippen LogP) is 3.56. The third kappa shape index (κ3) is 3.35. The molecule has 0 bridgehead atoms. The van der Waals surface area contributed by atoms with Crippen LogP contribution in [-0.4, -0.2) is 22.8 Å². The standard InChI is InChI=1S/C20H17NO4/c1-2-3-4-7-14-10-12-15(13-11-14)20(24)25-21-18(22)16-8-5-6-9-17(16)19(21)23/h2,5-6,8-13H,1,3-4,7H2. The van der Waals surface area contributed by atoms with Gasteiger partial charge in [0.25, 0.3) is 11.8 Å². The van der Waals surface area contributed by atoms with Gasteiger partial charge in [0.15, 0.2) is 0 Å². The number of carbonyl (C=O) groups excluding carboxylic acids is 3. The summed E-state index contributed by atoms with van der Waals surface area (Å²) in [6.45, 7) is 3.68. The number of carbonyl (C=O) groups is 3. The number of benzene rings is 2. The zero-order chi connectivity index (χ0) is 17.8. The molecule has 5 heteroatoms. The Balaban J connectivity index is 1.68. The van der Waals surface area contributed by atoms with E-state index in [1.807, 2.05) is 18.2 Å². The molecule has 2 amide bonds. The molecule has 0 spiro atoms. The molecule has 0 radical (unpaired) electrons. The Kier molecular flexibility index (Phi) is 4.75. The maximum atomic E-state index is 12.2. The normalized spacial score (nSPS) is 12.9. The zero-order valence-electron chi connectivity index (χ0n) is 13.6. The van der Waals surface area contributed by atoms with Gasteiger partial charge in [0.1, 0.15) is 0 Å². The molecule has 5 nitrogen and oxygen atoms in total. The quantitative estimate of drug-likeness (QED) is 0.460. The maximum absolute atomic E-state index is 12.2. The van der Waals surface area contributed by atoms with E-state index in [1.165, 1.54) is 12.1 Å². The second kappa shape index (κ2) is 7.13. The molecule has 2 aromatic rings. The smallest absolute Gasteiger partial charge is 0.324 e. The van der Waals surface area contributed by atoms with Crippen LogP contribution in [0, 0.1) is 0 Å². The zero-order valence-corrected chi connectivity index (χ0v) is 13.6. The number of fused-ring (bicyclic) bond motifs is 1. The first kappa shape index (κ1) is 16.6. The molecule has 0 atom stereocenters. The first-order valence-electron chi connectivity index (χ1n) is 8.02. The van der Waals surface area contributed by atoms with Gasteiger partial charge in [-0.3, -0.25) is 9.59 Å². The Bertz CT molecular complexity index is 804. The van der Waals surface area contributed by atoms with Crippen LogP contribution in [0.25, 0.3) is 0 Å². The molecular formula is C20H17NO4. The van der Waals surface area contributed by atoms with E-state index in [4.69, 9.17) is 4.84 Å². The lowest BCUT2D eigenvalue weighted by Gasteiger charge is -2.12. The van der Waals surface area contributed by atoms with Crippen LogP contribution in [0.4, 0.5) is 0 Å². The Hall–Kier alpha value is -3.21. The van der Waals surface area contributed by atoms with Crippen LogP contribution in [-0.2, 0) is 11.3 Å². The molecule has 126 valence electrons. The highest BCUT2D eigenvalue weighted by molar-refractivity contribution is 6.21. The minimum Gasteiger partial charge on any atom is -0.324 e. The number of hydroxylamine groups is 2. The van der Waals surface area contributed by atoms with Crippen molar-refractivity contribution in [3.8, 4) is 0 Å². The molecule has 0 aliphatic carbocycles. The van der Waals surface area contributed by atoms with Crippen molar-refractivity contribution in [1.29, 1.82) is 0 Å². The van der Waals surface area contributed by atoms with Gasteiger partial charge in [-0.05, 0) is 49.1 Å². The predicted molar refractivity (Wildman–Crippen MR) is 91.9 cm³/mol. The van der Waals surface area contributed by atoms with Crippen molar-refractivity contribution in [2.75, 3.05) is 0 Å². The van der Waals surface area contributed by atoms with Gasteiger partial charge in [0.2, 0.25) is 0 Å². The minimum atomic E-state index is -0.743. The van der Waals surface area contributed by atoms with Crippen LogP contribution >= 0.6 is 0 Å². The van der Waals surface area contributed by atoms with Gasteiger partial charge in [0, 0.05) is 0 Å². The summed E-state index contributed by atoms with van der Waals surface area (Å²) < 4.78 is 0. The number of hydrogen-bond acceptors (Lipinski definition) is 4. The van der Waals surface area contributed by atoms with Crippen molar-refractivity contribution in [2.24, 2.45) is 0 Å². The molecule has 3 rings (SSSR count). The summed E-state index contributed by atoms with van der Waals surface area (Å²) in [7, 11) is 0. The Labute approximate surface area is 145 Å². The molecule has 1 aliphatic rings. The Morgan fingerprint density at radius 3 is 2.16 bits per heavy atom. The van der Waals surface area contributed by atoms with Crippen molar-refractivity contribution < 1.29 is 19.2 Å². The van der Waals surface area contributed by atoms with Gasteiger partial charge in [-0.1, -0.05) is 35.4 Å². The molecule has 0 unspecified atom stereocenters. The number of amides is 2. The summed E-state index contributed by atoms with van der Waals surface area (Å²) in [6, 6.07) is 13.3. The molecule has 1 aliphatic heterocycles. The maximum Gasteiger partial charge on any atom is 0.363 e. The van der Waals surface area contributed by atoms with Gasteiger partial charge in [-0.25, -0.2) is 4.79 Å². The van der Waals surface area contributed by atoms with Gasteiger partial charge in [-0.15, -0.1) is 6.58 Å². The SMILES string of the molecule is C=CCCCc1ccc(C(=O)ON2C(=O)c3ccccc3C2=O)cc1. The average Bonchev–Trinajstić information content (AvgIpc) is 2.88. The minimum absolute atomic E-state index is 0.234. The van der Waals surface area contributed by atoms with E-state index in [1.54, 1.807) is 24.3 Å². The van der Waals surface area contributed by atoms with Crippen molar-refractivity contribution in [3.63, 3.8) is 0 Å². The number of unbranched alkanes of at least 4 members (excludes halogenated alkanes) is 1. The molecule has 0 fully saturated rings. The highest BCUT2D eigenvalue weighted by atomic mass is 16.7. The molecule has 2 aromatic carbocycles. The van der Waals surface area contributed by atoms with E-state index < -0.39 is 17.8 Å². The summed E-state index contributed by atoms with van der Waals surface area (Å²) in [5, 5.41) is 0.519. The molecular weight excluding hydrogens is 318 g/mol. The second-order valence-electron chi connectivity index (χ2n) is 5.71. The first-order valence-corrected chi connectivity index (χ1v) is 8.02. The summed E-state index contributed by atoms with van der Waals surface area (Å²) in [4.78, 5) is 41.6. The fraction of sp³-hybridized carbons (Fsp3) is 0.150. The van der Waals surface area contributed by atoms with Crippen molar-refractivity contribution in [1.82, 2.24) is 5.06 Å². The third-order valence-corrected chi connectivity index (χ3v) is 3.99. The van der Waals surface area contributed by atoms with Crippen molar-refractivity contribution >= 4 is 17.8 Å². The Morgan fingerprint density at radius 1 is 1.00 bits per heavy atom. The van der Waals surface area contributed by atoms with Gasteiger partial charge in [0.05, 0.1) is 16.7 Å². The third-order valence-electron chi connectivity index (χ3n) is 3.99.